The van der Waals surface area contributed by atoms with Crippen molar-refractivity contribution < 1.29 is 0 Å². The van der Waals surface area contributed by atoms with Crippen LogP contribution in [0.1, 0.15) is 149 Å². The second-order valence-electron chi connectivity index (χ2n) is 8.06. The molecular formula is C27H54. The molecule has 0 atom stereocenters. The van der Waals surface area contributed by atoms with Crippen molar-refractivity contribution in [3.8, 4) is 0 Å². The summed E-state index contributed by atoms with van der Waals surface area (Å²) in [7, 11) is 0. The average Bonchev–Trinajstić information content (AvgIpc) is 2.69. The molecule has 0 nitrogen and oxygen atoms in total. The van der Waals surface area contributed by atoms with E-state index < -0.39 is 0 Å². The minimum absolute atomic E-state index is 1.11. The van der Waals surface area contributed by atoms with Crippen LogP contribution in [0.5, 0.6) is 0 Å². The molecular weight excluding hydrogens is 324 g/mol. The Hall–Kier alpha value is -0.260. The van der Waals surface area contributed by atoms with Crippen LogP contribution >= 0.6 is 0 Å². The van der Waals surface area contributed by atoms with Crippen molar-refractivity contribution in [3.05, 3.63) is 26.0 Å². The zero-order valence-electron chi connectivity index (χ0n) is 19.4. The number of hydrogen-bond donors (Lipinski definition) is 0. The average molecular weight is 379 g/mol. The van der Waals surface area contributed by atoms with Crippen LogP contribution in [0.15, 0.2) is 12.2 Å². The predicted octanol–water partition coefficient (Wildman–Crippen LogP) is 10.4. The molecule has 0 heterocycles. The van der Waals surface area contributed by atoms with E-state index >= 15 is 0 Å². The maximum atomic E-state index is 3.87. The Kier molecular flexibility index (Phi) is 32.7. The number of unbranched alkanes of at least 4 members (excludes halogenated alkanes) is 18. The van der Waals surface area contributed by atoms with Crippen molar-refractivity contribution in [1.82, 2.24) is 0 Å². The maximum absolute atomic E-state index is 3.87. The van der Waals surface area contributed by atoms with Gasteiger partial charge in [-0.05, 0) is 25.7 Å². The first-order valence-corrected chi connectivity index (χ1v) is 12.6. The first kappa shape index (κ1) is 28.9. The minimum Gasteiger partial charge on any atom is -0.0885 e. The molecule has 0 heteroatoms. The molecule has 0 amide bonds. The van der Waals surface area contributed by atoms with E-state index in [1.165, 1.54) is 122 Å². The molecule has 0 saturated heterocycles. The van der Waals surface area contributed by atoms with Gasteiger partial charge in [0.2, 0.25) is 0 Å². The van der Waals surface area contributed by atoms with Gasteiger partial charge in [0.25, 0.3) is 0 Å². The van der Waals surface area contributed by atoms with E-state index in [9.17, 15) is 0 Å². The fourth-order valence-corrected chi connectivity index (χ4v) is 3.20. The first-order chi connectivity index (χ1) is 13.3. The summed E-state index contributed by atoms with van der Waals surface area (Å²) < 4.78 is 0. The molecule has 0 unspecified atom stereocenters. The summed E-state index contributed by atoms with van der Waals surface area (Å²) in [6.45, 7) is 12.2. The van der Waals surface area contributed by atoms with Gasteiger partial charge in [0, 0.05) is 0 Å². The smallest absolute Gasteiger partial charge is 0.0351 e. The van der Waals surface area contributed by atoms with Crippen molar-refractivity contribution >= 4 is 0 Å². The molecule has 0 aliphatic rings. The van der Waals surface area contributed by atoms with Crippen LogP contribution in [0.25, 0.3) is 0 Å². The lowest BCUT2D eigenvalue weighted by Gasteiger charge is -1.98. The summed E-state index contributed by atoms with van der Waals surface area (Å²) in [5, 5.41) is 0. The molecule has 0 bridgehead atoms. The van der Waals surface area contributed by atoms with Crippen LogP contribution in [0.4, 0.5) is 0 Å². The fraction of sp³-hybridized carbons (Fsp3) is 0.852. The second-order valence-corrected chi connectivity index (χ2v) is 8.06. The van der Waals surface area contributed by atoms with E-state index in [1.54, 1.807) is 0 Å². The standard InChI is InChI=1S/C18H35.C9H19/c1-3-5-7-9-11-13-15-17-18-16-14-12-10-8-6-4-2;1-3-5-7-9-8-6-4-2/h17-18H,1,3-16H2,2H3;1,3-9H2,2H3/b18-17-;. The fourth-order valence-electron chi connectivity index (χ4n) is 3.20. The molecule has 0 N–H and O–H groups in total. The molecule has 162 valence electrons. The number of rotatable bonds is 20. The Balaban J connectivity index is 0. The van der Waals surface area contributed by atoms with Gasteiger partial charge in [-0.25, -0.2) is 0 Å². The van der Waals surface area contributed by atoms with E-state index in [4.69, 9.17) is 0 Å². The summed E-state index contributed by atoms with van der Waals surface area (Å²) in [6, 6.07) is 0. The topological polar surface area (TPSA) is 0 Å². The van der Waals surface area contributed by atoms with Gasteiger partial charge in [-0.2, -0.15) is 0 Å². The zero-order valence-corrected chi connectivity index (χ0v) is 19.4. The first-order valence-electron chi connectivity index (χ1n) is 12.6. The van der Waals surface area contributed by atoms with E-state index in [0.717, 1.165) is 12.8 Å². The highest BCUT2D eigenvalue weighted by molar-refractivity contribution is 4.81. The highest BCUT2D eigenvalue weighted by Gasteiger charge is 1.90. The Morgan fingerprint density at radius 2 is 0.704 bits per heavy atom. The molecule has 2 radical (unpaired) electrons. The van der Waals surface area contributed by atoms with E-state index in [-0.39, 0.29) is 0 Å². The molecule has 0 rings (SSSR count). The normalized spacial score (nSPS) is 11.0. The molecule has 0 aromatic rings. The minimum atomic E-state index is 1.11. The van der Waals surface area contributed by atoms with Crippen molar-refractivity contribution in [3.63, 3.8) is 0 Å². The molecule has 0 fully saturated rings. The van der Waals surface area contributed by atoms with Gasteiger partial charge in [-0.1, -0.05) is 149 Å². The third kappa shape index (κ3) is 33.7. The highest BCUT2D eigenvalue weighted by Crippen LogP contribution is 2.09. The van der Waals surface area contributed by atoms with Crippen LogP contribution < -0.4 is 0 Å². The Morgan fingerprint density at radius 1 is 0.407 bits per heavy atom. The van der Waals surface area contributed by atoms with Gasteiger partial charge in [-0.3, -0.25) is 0 Å². The van der Waals surface area contributed by atoms with Crippen molar-refractivity contribution in [1.29, 1.82) is 0 Å². The number of allylic oxidation sites excluding steroid dienone is 2. The lowest BCUT2D eigenvalue weighted by Crippen LogP contribution is -1.79. The zero-order chi connectivity index (χ0) is 20.3. The van der Waals surface area contributed by atoms with E-state index in [2.05, 4.69) is 39.8 Å². The summed E-state index contributed by atoms with van der Waals surface area (Å²) in [5.41, 5.74) is 0. The molecule has 0 aromatic carbocycles. The van der Waals surface area contributed by atoms with E-state index in [0.29, 0.717) is 0 Å². The molecule has 0 aliphatic heterocycles. The third-order valence-corrected chi connectivity index (χ3v) is 5.12. The van der Waals surface area contributed by atoms with Crippen LogP contribution in [-0.4, -0.2) is 0 Å². The van der Waals surface area contributed by atoms with Gasteiger partial charge in [0.05, 0.1) is 0 Å². The van der Waals surface area contributed by atoms with Gasteiger partial charge in [0.1, 0.15) is 0 Å². The lowest BCUT2D eigenvalue weighted by molar-refractivity contribution is 0.609. The van der Waals surface area contributed by atoms with Crippen molar-refractivity contribution in [2.24, 2.45) is 0 Å². The number of hydrogen-bond acceptors (Lipinski definition) is 0. The van der Waals surface area contributed by atoms with Crippen LogP contribution in [0.3, 0.4) is 0 Å². The molecule has 0 aromatic heterocycles. The van der Waals surface area contributed by atoms with Gasteiger partial charge < -0.3 is 0 Å². The Morgan fingerprint density at radius 3 is 1.04 bits per heavy atom. The summed E-state index contributed by atoms with van der Waals surface area (Å²) in [6.07, 6.45) is 33.3. The monoisotopic (exact) mass is 378 g/mol. The SMILES string of the molecule is [CH2]CCCCCCC/C=C\CCCCCCCC.[CH2]CCCCCCCC. The predicted molar refractivity (Wildman–Crippen MR) is 128 cm³/mol. The maximum Gasteiger partial charge on any atom is -0.0351 e. The largest absolute Gasteiger partial charge is 0.0885 e. The molecule has 0 spiro atoms. The van der Waals surface area contributed by atoms with E-state index in [1.807, 2.05) is 0 Å². The molecule has 0 aliphatic carbocycles. The van der Waals surface area contributed by atoms with Crippen molar-refractivity contribution in [2.45, 2.75) is 149 Å². The van der Waals surface area contributed by atoms with Crippen LogP contribution in [-0.2, 0) is 0 Å². The second kappa shape index (κ2) is 30.5. The molecule has 27 heavy (non-hydrogen) atoms. The Bertz CT molecular complexity index is 216. The third-order valence-electron chi connectivity index (χ3n) is 5.12. The molecule has 0 saturated carbocycles. The highest BCUT2D eigenvalue weighted by atomic mass is 14.0. The van der Waals surface area contributed by atoms with Crippen molar-refractivity contribution in [2.75, 3.05) is 0 Å². The summed E-state index contributed by atoms with van der Waals surface area (Å²) in [4.78, 5) is 0. The van der Waals surface area contributed by atoms with Crippen LogP contribution in [0, 0.1) is 13.8 Å². The summed E-state index contributed by atoms with van der Waals surface area (Å²) >= 11 is 0. The quantitative estimate of drug-likeness (QED) is 0.146. The summed E-state index contributed by atoms with van der Waals surface area (Å²) in [5.74, 6) is 0. The lowest BCUT2D eigenvalue weighted by atomic mass is 10.1. The van der Waals surface area contributed by atoms with Gasteiger partial charge >= 0.3 is 0 Å². The van der Waals surface area contributed by atoms with Gasteiger partial charge in [0.15, 0.2) is 0 Å². The van der Waals surface area contributed by atoms with Crippen LogP contribution in [0.2, 0.25) is 0 Å². The van der Waals surface area contributed by atoms with Gasteiger partial charge in [-0.15, -0.1) is 0 Å². The Labute approximate surface area is 175 Å².